The van der Waals surface area contributed by atoms with Crippen LogP contribution in [-0.4, -0.2) is 17.9 Å². The summed E-state index contributed by atoms with van der Waals surface area (Å²) in [7, 11) is 1.59. The summed E-state index contributed by atoms with van der Waals surface area (Å²) >= 11 is 0. The van der Waals surface area contributed by atoms with Crippen LogP contribution in [0.1, 0.15) is 15.9 Å². The van der Waals surface area contributed by atoms with Gasteiger partial charge in [0, 0.05) is 11.8 Å². The summed E-state index contributed by atoms with van der Waals surface area (Å²) < 4.78 is 5.04. The fraction of sp³-hybridized carbons (Fsp3) is 0.0667. The Morgan fingerprint density at radius 1 is 1.26 bits per heavy atom. The van der Waals surface area contributed by atoms with Crippen LogP contribution in [0.3, 0.4) is 0 Å². The zero-order valence-electron chi connectivity index (χ0n) is 10.4. The number of ether oxygens (including phenoxy) is 1. The number of Topliss-reactive ketones (excluding diaryl/α,β-unsaturated/α-hetero) is 1. The zero-order valence-corrected chi connectivity index (χ0v) is 10.4. The Labute approximate surface area is 111 Å². The van der Waals surface area contributed by atoms with E-state index in [2.05, 4.69) is 16.8 Å². The van der Waals surface area contributed by atoms with E-state index in [4.69, 9.17) is 10.5 Å². The van der Waals surface area contributed by atoms with Crippen molar-refractivity contribution in [3.8, 4) is 17.6 Å². The minimum Gasteiger partial charge on any atom is -0.497 e. The van der Waals surface area contributed by atoms with E-state index in [1.54, 1.807) is 43.5 Å². The van der Waals surface area contributed by atoms with Gasteiger partial charge in [0.25, 0.3) is 0 Å². The molecule has 0 atom stereocenters. The van der Waals surface area contributed by atoms with E-state index in [9.17, 15) is 4.79 Å². The Bertz CT molecular complexity index is 652. The average molecular weight is 252 g/mol. The van der Waals surface area contributed by atoms with Gasteiger partial charge in [-0.05, 0) is 42.3 Å². The van der Waals surface area contributed by atoms with Crippen molar-refractivity contribution < 1.29 is 9.53 Å². The molecule has 4 nitrogen and oxygen atoms in total. The highest BCUT2D eigenvalue weighted by atomic mass is 16.5. The Morgan fingerprint density at radius 3 is 2.63 bits per heavy atom. The highest BCUT2D eigenvalue weighted by molar-refractivity contribution is 6.11. The third-order valence-corrected chi connectivity index (χ3v) is 2.49. The van der Waals surface area contributed by atoms with Crippen LogP contribution in [0, 0.1) is 11.8 Å². The number of aromatic nitrogens is 1. The number of carbonyl (C=O) groups excluding carboxylic acids is 1. The maximum absolute atomic E-state index is 11.8. The van der Waals surface area contributed by atoms with Crippen LogP contribution in [0.2, 0.25) is 0 Å². The van der Waals surface area contributed by atoms with E-state index in [1.165, 1.54) is 6.20 Å². The lowest BCUT2D eigenvalue weighted by atomic mass is 10.1. The SMILES string of the molecule is COc1ccc(C#CC(=O)c2cccnc2N)cc1. The lowest BCUT2D eigenvalue weighted by Crippen LogP contribution is -2.02. The normalized spacial score (nSPS) is 9.32. The Morgan fingerprint density at radius 2 is 2.00 bits per heavy atom. The number of pyridine rings is 1. The first-order valence-electron chi connectivity index (χ1n) is 5.61. The molecule has 0 unspecified atom stereocenters. The summed E-state index contributed by atoms with van der Waals surface area (Å²) in [4.78, 5) is 15.7. The molecule has 0 aliphatic rings. The second-order valence-corrected chi connectivity index (χ2v) is 3.74. The minimum absolute atomic E-state index is 0.191. The molecule has 0 aliphatic carbocycles. The summed E-state index contributed by atoms with van der Waals surface area (Å²) in [5.74, 6) is 5.92. The van der Waals surface area contributed by atoms with E-state index in [-0.39, 0.29) is 11.6 Å². The number of rotatable bonds is 2. The summed E-state index contributed by atoms with van der Waals surface area (Å²) in [6.45, 7) is 0. The van der Waals surface area contributed by atoms with E-state index in [1.807, 2.05) is 0 Å². The smallest absolute Gasteiger partial charge is 0.239 e. The van der Waals surface area contributed by atoms with E-state index >= 15 is 0 Å². The van der Waals surface area contributed by atoms with E-state index in [0.717, 1.165) is 11.3 Å². The van der Waals surface area contributed by atoms with Gasteiger partial charge in [-0.3, -0.25) is 4.79 Å². The van der Waals surface area contributed by atoms with Gasteiger partial charge in [0.15, 0.2) is 0 Å². The standard InChI is InChI=1S/C15H12N2O2/c1-19-12-7-4-11(5-8-12)6-9-14(18)13-3-2-10-17-15(13)16/h2-5,7-8,10H,1H3,(H2,16,17). The van der Waals surface area contributed by atoms with Gasteiger partial charge >= 0.3 is 0 Å². The summed E-state index contributed by atoms with van der Waals surface area (Å²) in [5.41, 5.74) is 6.67. The first-order valence-corrected chi connectivity index (χ1v) is 5.61. The molecule has 0 radical (unpaired) electrons. The van der Waals surface area contributed by atoms with Crippen molar-refractivity contribution in [3.05, 3.63) is 53.7 Å². The second-order valence-electron chi connectivity index (χ2n) is 3.74. The van der Waals surface area contributed by atoms with Crippen LogP contribution in [0.5, 0.6) is 5.75 Å². The van der Waals surface area contributed by atoms with Crippen molar-refractivity contribution in [3.63, 3.8) is 0 Å². The molecule has 0 saturated carbocycles. The van der Waals surface area contributed by atoms with Crippen LogP contribution in [-0.2, 0) is 0 Å². The molecule has 0 saturated heterocycles. The molecule has 0 amide bonds. The molecular weight excluding hydrogens is 240 g/mol. The Hall–Kier alpha value is -2.80. The van der Waals surface area contributed by atoms with Gasteiger partial charge in [0.2, 0.25) is 5.78 Å². The fourth-order valence-electron chi connectivity index (χ4n) is 1.48. The quantitative estimate of drug-likeness (QED) is 0.655. The fourth-order valence-corrected chi connectivity index (χ4v) is 1.48. The van der Waals surface area contributed by atoms with Gasteiger partial charge < -0.3 is 10.5 Å². The van der Waals surface area contributed by atoms with Crippen LogP contribution >= 0.6 is 0 Å². The van der Waals surface area contributed by atoms with Gasteiger partial charge in [0.1, 0.15) is 11.6 Å². The van der Waals surface area contributed by atoms with Crippen LogP contribution in [0.4, 0.5) is 5.82 Å². The molecule has 1 aromatic heterocycles. The number of benzene rings is 1. The highest BCUT2D eigenvalue weighted by Crippen LogP contribution is 2.11. The summed E-state index contributed by atoms with van der Waals surface area (Å²) in [6, 6.07) is 10.4. The van der Waals surface area contributed by atoms with E-state index < -0.39 is 0 Å². The van der Waals surface area contributed by atoms with Crippen LogP contribution in [0.15, 0.2) is 42.6 Å². The Balaban J connectivity index is 2.19. The topological polar surface area (TPSA) is 65.2 Å². The highest BCUT2D eigenvalue weighted by Gasteiger charge is 2.06. The second kappa shape index (κ2) is 5.69. The molecule has 2 rings (SSSR count). The predicted molar refractivity (Wildman–Crippen MR) is 72.9 cm³/mol. The first kappa shape index (κ1) is 12.7. The van der Waals surface area contributed by atoms with Crippen molar-refractivity contribution in [2.45, 2.75) is 0 Å². The predicted octanol–water partition coefficient (Wildman–Crippen LogP) is 1.91. The summed E-state index contributed by atoms with van der Waals surface area (Å²) in [5, 5.41) is 0. The molecule has 0 spiro atoms. The number of nitrogens with zero attached hydrogens (tertiary/aromatic N) is 1. The lowest BCUT2D eigenvalue weighted by molar-refractivity contribution is 0.105. The van der Waals surface area contributed by atoms with Crippen molar-refractivity contribution in [1.82, 2.24) is 4.98 Å². The van der Waals surface area contributed by atoms with Crippen molar-refractivity contribution in [1.29, 1.82) is 0 Å². The molecule has 2 aromatic rings. The van der Waals surface area contributed by atoms with Crippen molar-refractivity contribution >= 4 is 11.6 Å². The summed E-state index contributed by atoms with van der Waals surface area (Å²) in [6.07, 6.45) is 1.53. The number of nitrogen functional groups attached to an aromatic ring is 1. The molecule has 1 heterocycles. The number of anilines is 1. The van der Waals surface area contributed by atoms with Gasteiger partial charge in [0.05, 0.1) is 12.7 Å². The molecule has 4 heteroatoms. The molecular formula is C15H12N2O2. The van der Waals surface area contributed by atoms with Crippen LogP contribution < -0.4 is 10.5 Å². The number of ketones is 1. The zero-order chi connectivity index (χ0) is 13.7. The van der Waals surface area contributed by atoms with Gasteiger partial charge in [-0.15, -0.1) is 0 Å². The maximum Gasteiger partial charge on any atom is 0.239 e. The molecule has 0 fully saturated rings. The minimum atomic E-state index is -0.346. The van der Waals surface area contributed by atoms with E-state index in [0.29, 0.717) is 5.56 Å². The number of hydrogen-bond donors (Lipinski definition) is 1. The van der Waals surface area contributed by atoms with Gasteiger partial charge in [-0.25, -0.2) is 4.98 Å². The van der Waals surface area contributed by atoms with Crippen LogP contribution in [0.25, 0.3) is 0 Å². The number of methoxy groups -OCH3 is 1. The van der Waals surface area contributed by atoms with Crippen molar-refractivity contribution in [2.75, 3.05) is 12.8 Å². The largest absolute Gasteiger partial charge is 0.497 e. The average Bonchev–Trinajstić information content (AvgIpc) is 2.46. The molecule has 0 aliphatic heterocycles. The first-order chi connectivity index (χ1) is 9.20. The molecule has 94 valence electrons. The molecule has 0 bridgehead atoms. The number of nitrogens with two attached hydrogens (primary N) is 1. The molecule has 1 aromatic carbocycles. The lowest BCUT2D eigenvalue weighted by Gasteiger charge is -1.98. The van der Waals surface area contributed by atoms with Gasteiger partial charge in [-0.2, -0.15) is 0 Å². The van der Waals surface area contributed by atoms with Gasteiger partial charge in [-0.1, -0.05) is 5.92 Å². The third kappa shape index (κ3) is 3.11. The third-order valence-electron chi connectivity index (χ3n) is 2.49. The number of hydrogen-bond acceptors (Lipinski definition) is 4. The molecule has 19 heavy (non-hydrogen) atoms. The number of carbonyl (C=O) groups is 1. The molecule has 2 N–H and O–H groups in total. The monoisotopic (exact) mass is 252 g/mol. The Kier molecular flexibility index (Phi) is 3.79. The maximum atomic E-state index is 11.8. The van der Waals surface area contributed by atoms with Crippen molar-refractivity contribution in [2.24, 2.45) is 0 Å².